The molecular weight excluding hydrogens is 302 g/mol. The average molecular weight is 325 g/mol. The van der Waals surface area contributed by atoms with Crippen molar-refractivity contribution >= 4 is 23.8 Å². The monoisotopic (exact) mass is 325 g/mol. The summed E-state index contributed by atoms with van der Waals surface area (Å²) in [7, 11) is 0. The molecule has 2 atom stereocenters. The molecule has 1 aromatic rings. The summed E-state index contributed by atoms with van der Waals surface area (Å²) in [6, 6.07) is 8.31. The second kappa shape index (κ2) is 10.1. The van der Waals surface area contributed by atoms with E-state index >= 15 is 0 Å². The van der Waals surface area contributed by atoms with Gasteiger partial charge in [-0.25, -0.2) is 9.59 Å². The number of rotatable bonds is 9. The number of carboxylic acids is 1. The predicted octanol–water partition coefficient (Wildman–Crippen LogP) is 3.29. The number of hydrogen-bond donors (Lipinski definition) is 2. The van der Waals surface area contributed by atoms with Gasteiger partial charge >= 0.3 is 12.1 Å². The standard InChI is InChI=1S/C16H23NO4S/c1-3-7-12(2)22-11-14(15(18)19)17-16(20)21-10-13-8-5-4-6-9-13/h4-6,8-9,12,14H,3,7,10-11H2,1-2H3,(H,17,20)(H,18,19). The Labute approximate surface area is 135 Å². The van der Waals surface area contributed by atoms with Crippen molar-refractivity contribution < 1.29 is 19.4 Å². The fourth-order valence-electron chi connectivity index (χ4n) is 1.83. The van der Waals surface area contributed by atoms with Crippen LogP contribution in [0.5, 0.6) is 0 Å². The predicted molar refractivity (Wildman–Crippen MR) is 88.0 cm³/mol. The van der Waals surface area contributed by atoms with E-state index in [9.17, 15) is 9.59 Å². The molecule has 0 saturated carbocycles. The molecule has 2 unspecified atom stereocenters. The molecule has 0 spiro atoms. The zero-order chi connectivity index (χ0) is 16.4. The van der Waals surface area contributed by atoms with E-state index in [1.165, 1.54) is 0 Å². The Kier molecular flexibility index (Phi) is 8.43. The summed E-state index contributed by atoms with van der Waals surface area (Å²) >= 11 is 1.54. The first-order valence-electron chi connectivity index (χ1n) is 7.34. The molecule has 0 radical (unpaired) electrons. The van der Waals surface area contributed by atoms with Crippen LogP contribution in [0.2, 0.25) is 0 Å². The Bertz CT molecular complexity index is 466. The van der Waals surface area contributed by atoms with Gasteiger partial charge in [0, 0.05) is 11.0 Å². The molecule has 122 valence electrons. The zero-order valence-corrected chi connectivity index (χ0v) is 13.8. The van der Waals surface area contributed by atoms with Crippen LogP contribution in [0.3, 0.4) is 0 Å². The van der Waals surface area contributed by atoms with Gasteiger partial charge in [0.1, 0.15) is 12.6 Å². The van der Waals surface area contributed by atoms with Crippen LogP contribution < -0.4 is 5.32 Å². The van der Waals surface area contributed by atoms with E-state index in [1.54, 1.807) is 11.8 Å². The van der Waals surface area contributed by atoms with Gasteiger partial charge in [0.05, 0.1) is 0 Å². The third-order valence-electron chi connectivity index (χ3n) is 3.05. The Morgan fingerprint density at radius 1 is 1.32 bits per heavy atom. The number of amides is 1. The molecule has 1 rings (SSSR count). The van der Waals surface area contributed by atoms with E-state index in [1.807, 2.05) is 30.3 Å². The molecule has 0 aliphatic rings. The van der Waals surface area contributed by atoms with Crippen LogP contribution in [0.4, 0.5) is 4.79 Å². The first-order valence-corrected chi connectivity index (χ1v) is 8.39. The number of ether oxygens (including phenoxy) is 1. The minimum absolute atomic E-state index is 0.123. The first kappa shape index (κ1) is 18.4. The van der Waals surface area contributed by atoms with Crippen molar-refractivity contribution in [2.75, 3.05) is 5.75 Å². The van der Waals surface area contributed by atoms with Gasteiger partial charge in [0.25, 0.3) is 0 Å². The molecule has 0 aliphatic carbocycles. The molecule has 0 heterocycles. The van der Waals surface area contributed by atoms with E-state index in [-0.39, 0.29) is 6.61 Å². The molecule has 0 bridgehead atoms. The fraction of sp³-hybridized carbons (Fsp3) is 0.500. The Morgan fingerprint density at radius 3 is 2.59 bits per heavy atom. The van der Waals surface area contributed by atoms with Crippen molar-refractivity contribution in [1.82, 2.24) is 5.32 Å². The maximum atomic E-state index is 11.7. The summed E-state index contributed by atoms with van der Waals surface area (Å²) in [5, 5.41) is 11.9. The maximum Gasteiger partial charge on any atom is 0.408 e. The minimum atomic E-state index is -1.05. The number of carbonyl (C=O) groups is 2. The number of thioether (sulfide) groups is 1. The molecule has 0 saturated heterocycles. The van der Waals surface area contributed by atoms with Crippen LogP contribution >= 0.6 is 11.8 Å². The molecule has 5 nitrogen and oxygen atoms in total. The van der Waals surface area contributed by atoms with Gasteiger partial charge in [-0.3, -0.25) is 0 Å². The number of aliphatic carboxylic acids is 1. The number of benzene rings is 1. The van der Waals surface area contributed by atoms with Crippen LogP contribution in [-0.4, -0.2) is 34.2 Å². The summed E-state index contributed by atoms with van der Waals surface area (Å²) in [6.07, 6.45) is 1.37. The number of nitrogens with one attached hydrogen (secondary N) is 1. The summed E-state index contributed by atoms with van der Waals surface area (Å²) in [6.45, 7) is 4.27. The Morgan fingerprint density at radius 2 is 2.00 bits per heavy atom. The lowest BCUT2D eigenvalue weighted by molar-refractivity contribution is -0.138. The van der Waals surface area contributed by atoms with E-state index in [4.69, 9.17) is 9.84 Å². The highest BCUT2D eigenvalue weighted by molar-refractivity contribution is 7.99. The number of hydrogen-bond acceptors (Lipinski definition) is 4. The third-order valence-corrected chi connectivity index (χ3v) is 4.38. The van der Waals surface area contributed by atoms with Crippen LogP contribution in [-0.2, 0) is 16.1 Å². The van der Waals surface area contributed by atoms with E-state index in [0.717, 1.165) is 18.4 Å². The summed E-state index contributed by atoms with van der Waals surface area (Å²) in [4.78, 5) is 22.9. The van der Waals surface area contributed by atoms with Crippen molar-refractivity contribution in [3.8, 4) is 0 Å². The lowest BCUT2D eigenvalue weighted by Crippen LogP contribution is -2.43. The van der Waals surface area contributed by atoms with E-state index in [0.29, 0.717) is 11.0 Å². The molecule has 22 heavy (non-hydrogen) atoms. The highest BCUT2D eigenvalue weighted by Crippen LogP contribution is 2.16. The largest absolute Gasteiger partial charge is 0.480 e. The highest BCUT2D eigenvalue weighted by Gasteiger charge is 2.21. The molecule has 0 fully saturated rings. The van der Waals surface area contributed by atoms with Crippen molar-refractivity contribution in [3.05, 3.63) is 35.9 Å². The number of alkyl carbamates (subject to hydrolysis) is 1. The molecule has 1 amide bonds. The maximum absolute atomic E-state index is 11.7. The fourth-order valence-corrected chi connectivity index (χ4v) is 2.98. The highest BCUT2D eigenvalue weighted by atomic mass is 32.2. The number of carboxylic acid groups (broad SMARTS) is 1. The second-order valence-corrected chi connectivity index (χ2v) is 6.50. The summed E-state index contributed by atoms with van der Waals surface area (Å²) < 4.78 is 5.04. The van der Waals surface area contributed by atoms with Gasteiger partial charge < -0.3 is 15.2 Å². The molecule has 1 aromatic carbocycles. The first-order chi connectivity index (χ1) is 10.5. The lowest BCUT2D eigenvalue weighted by atomic mass is 10.2. The van der Waals surface area contributed by atoms with E-state index < -0.39 is 18.1 Å². The summed E-state index contributed by atoms with van der Waals surface area (Å²) in [5.74, 6) is -0.718. The molecule has 6 heteroatoms. The van der Waals surface area contributed by atoms with Gasteiger partial charge in [-0.05, 0) is 12.0 Å². The van der Waals surface area contributed by atoms with Crippen LogP contribution in [0.25, 0.3) is 0 Å². The summed E-state index contributed by atoms with van der Waals surface area (Å²) in [5.41, 5.74) is 0.857. The van der Waals surface area contributed by atoms with Gasteiger partial charge in [-0.2, -0.15) is 11.8 Å². The van der Waals surface area contributed by atoms with Crippen LogP contribution in [0.1, 0.15) is 32.3 Å². The molecular formula is C16H23NO4S. The lowest BCUT2D eigenvalue weighted by Gasteiger charge is -2.16. The van der Waals surface area contributed by atoms with Crippen molar-refractivity contribution in [1.29, 1.82) is 0 Å². The quantitative estimate of drug-likeness (QED) is 0.728. The van der Waals surface area contributed by atoms with Gasteiger partial charge in [0.15, 0.2) is 0 Å². The second-order valence-electron chi connectivity index (χ2n) is 5.03. The molecule has 0 aromatic heterocycles. The normalized spacial score (nSPS) is 13.2. The zero-order valence-electron chi connectivity index (χ0n) is 13.0. The average Bonchev–Trinajstić information content (AvgIpc) is 2.50. The van der Waals surface area contributed by atoms with Crippen molar-refractivity contribution in [3.63, 3.8) is 0 Å². The van der Waals surface area contributed by atoms with Crippen molar-refractivity contribution in [2.24, 2.45) is 0 Å². The van der Waals surface area contributed by atoms with Crippen LogP contribution in [0, 0.1) is 0 Å². The van der Waals surface area contributed by atoms with Gasteiger partial charge in [-0.1, -0.05) is 50.6 Å². The van der Waals surface area contributed by atoms with Gasteiger partial charge in [0.2, 0.25) is 0 Å². The number of carbonyl (C=O) groups excluding carboxylic acids is 1. The Balaban J connectivity index is 2.38. The smallest absolute Gasteiger partial charge is 0.408 e. The SMILES string of the molecule is CCCC(C)SCC(NC(=O)OCc1ccccc1)C(=O)O. The Hall–Kier alpha value is -1.69. The molecule has 0 aliphatic heterocycles. The molecule has 2 N–H and O–H groups in total. The van der Waals surface area contributed by atoms with E-state index in [2.05, 4.69) is 19.2 Å². The minimum Gasteiger partial charge on any atom is -0.480 e. The third kappa shape index (κ3) is 7.36. The van der Waals surface area contributed by atoms with Gasteiger partial charge in [-0.15, -0.1) is 0 Å². The van der Waals surface area contributed by atoms with Crippen molar-refractivity contribution in [2.45, 2.75) is 44.6 Å². The topological polar surface area (TPSA) is 75.6 Å². The van der Waals surface area contributed by atoms with Crippen LogP contribution in [0.15, 0.2) is 30.3 Å².